The second-order valence-corrected chi connectivity index (χ2v) is 4.37. The fraction of sp³-hybridized carbons (Fsp3) is 0.818. The predicted octanol–water partition coefficient (Wildman–Crippen LogP) is 0.443. The molecule has 0 spiro atoms. The maximum Gasteiger partial charge on any atom is 0.326 e. The van der Waals surface area contributed by atoms with Gasteiger partial charge in [-0.1, -0.05) is 0 Å². The molecule has 0 bridgehead atoms. The molecule has 2 amide bonds. The first kappa shape index (κ1) is 15.7. The van der Waals surface area contributed by atoms with Crippen LogP contribution >= 0.6 is 0 Å². The number of likely N-dealkylation sites (N-methyl/N-ethyl adjacent to an activating group) is 1. The van der Waals surface area contributed by atoms with Crippen molar-refractivity contribution in [2.24, 2.45) is 0 Å². The largest absolute Gasteiger partial charge is 0.480 e. The standard InChI is InChI=1S/C11H23N3O3/c1-9(10(15)16)14(4)11(17)12-7-5-6-8-13(2)3/h9H,5-8H2,1-4H3,(H,12,17)(H,15,16). The highest BCUT2D eigenvalue weighted by atomic mass is 16.4. The fourth-order valence-corrected chi connectivity index (χ4v) is 1.21. The van der Waals surface area contributed by atoms with E-state index >= 15 is 0 Å². The number of carbonyl (C=O) groups excluding carboxylic acids is 1. The molecule has 0 aliphatic heterocycles. The second kappa shape index (κ2) is 7.89. The number of urea groups is 1. The maximum absolute atomic E-state index is 11.5. The summed E-state index contributed by atoms with van der Waals surface area (Å²) >= 11 is 0. The van der Waals surface area contributed by atoms with E-state index in [0.717, 1.165) is 19.4 Å². The van der Waals surface area contributed by atoms with Crippen LogP contribution in [0.1, 0.15) is 19.8 Å². The first-order chi connectivity index (χ1) is 7.86. The lowest BCUT2D eigenvalue weighted by Crippen LogP contribution is -2.46. The Labute approximate surface area is 103 Å². The van der Waals surface area contributed by atoms with E-state index in [1.165, 1.54) is 18.9 Å². The highest BCUT2D eigenvalue weighted by Gasteiger charge is 2.20. The van der Waals surface area contributed by atoms with E-state index in [-0.39, 0.29) is 6.03 Å². The van der Waals surface area contributed by atoms with Crippen LogP contribution in [0.15, 0.2) is 0 Å². The second-order valence-electron chi connectivity index (χ2n) is 4.37. The molecule has 17 heavy (non-hydrogen) atoms. The van der Waals surface area contributed by atoms with E-state index in [4.69, 9.17) is 5.11 Å². The van der Waals surface area contributed by atoms with Gasteiger partial charge < -0.3 is 20.2 Å². The van der Waals surface area contributed by atoms with Gasteiger partial charge in [0.1, 0.15) is 6.04 Å². The Bertz CT molecular complexity index is 256. The highest BCUT2D eigenvalue weighted by molar-refractivity contribution is 5.82. The van der Waals surface area contributed by atoms with Gasteiger partial charge in [0, 0.05) is 13.6 Å². The molecule has 6 heteroatoms. The number of carbonyl (C=O) groups is 2. The molecule has 100 valence electrons. The van der Waals surface area contributed by atoms with Gasteiger partial charge in [0.15, 0.2) is 0 Å². The molecule has 0 radical (unpaired) electrons. The average Bonchev–Trinajstić information content (AvgIpc) is 2.25. The van der Waals surface area contributed by atoms with E-state index in [1.54, 1.807) is 0 Å². The minimum Gasteiger partial charge on any atom is -0.480 e. The quantitative estimate of drug-likeness (QED) is 0.638. The zero-order chi connectivity index (χ0) is 13.4. The molecule has 6 nitrogen and oxygen atoms in total. The van der Waals surface area contributed by atoms with Gasteiger partial charge in [-0.2, -0.15) is 0 Å². The zero-order valence-electron chi connectivity index (χ0n) is 11.1. The molecule has 1 unspecified atom stereocenters. The SMILES string of the molecule is CC(C(=O)O)N(C)C(=O)NCCCCN(C)C. The minimum absolute atomic E-state index is 0.343. The summed E-state index contributed by atoms with van der Waals surface area (Å²) in [4.78, 5) is 25.5. The third kappa shape index (κ3) is 6.78. The van der Waals surface area contributed by atoms with E-state index in [1.807, 2.05) is 14.1 Å². The van der Waals surface area contributed by atoms with Crippen molar-refractivity contribution in [2.75, 3.05) is 34.2 Å². The first-order valence-electron chi connectivity index (χ1n) is 5.74. The van der Waals surface area contributed by atoms with E-state index < -0.39 is 12.0 Å². The summed E-state index contributed by atoms with van der Waals surface area (Å²) < 4.78 is 0. The van der Waals surface area contributed by atoms with Gasteiger partial charge in [-0.05, 0) is 40.4 Å². The summed E-state index contributed by atoms with van der Waals surface area (Å²) in [5.41, 5.74) is 0. The number of carboxylic acid groups (broad SMARTS) is 1. The van der Waals surface area contributed by atoms with Crippen molar-refractivity contribution in [1.29, 1.82) is 0 Å². The Morgan fingerprint density at radius 2 is 1.82 bits per heavy atom. The normalized spacial score (nSPS) is 12.3. The van der Waals surface area contributed by atoms with Crippen LogP contribution in [0.4, 0.5) is 4.79 Å². The average molecular weight is 245 g/mol. The molecule has 0 fully saturated rings. The molecule has 0 rings (SSSR count). The van der Waals surface area contributed by atoms with Crippen LogP contribution < -0.4 is 5.32 Å². The lowest BCUT2D eigenvalue weighted by molar-refractivity contribution is -0.141. The molecular weight excluding hydrogens is 222 g/mol. The highest BCUT2D eigenvalue weighted by Crippen LogP contribution is 1.96. The van der Waals surface area contributed by atoms with Gasteiger partial charge >= 0.3 is 12.0 Å². The number of rotatable bonds is 7. The number of nitrogens with one attached hydrogen (secondary N) is 1. The number of hydrogen-bond donors (Lipinski definition) is 2. The van der Waals surface area contributed by atoms with Crippen molar-refractivity contribution in [3.05, 3.63) is 0 Å². The Kier molecular flexibility index (Phi) is 7.29. The van der Waals surface area contributed by atoms with Gasteiger partial charge in [0.2, 0.25) is 0 Å². The first-order valence-corrected chi connectivity index (χ1v) is 5.74. The number of nitrogens with zero attached hydrogens (tertiary/aromatic N) is 2. The molecule has 0 saturated carbocycles. The summed E-state index contributed by atoms with van der Waals surface area (Å²) in [6, 6.07) is -1.15. The van der Waals surface area contributed by atoms with Crippen molar-refractivity contribution < 1.29 is 14.7 Å². The summed E-state index contributed by atoms with van der Waals surface area (Å²) in [6.07, 6.45) is 1.89. The zero-order valence-corrected chi connectivity index (χ0v) is 11.1. The van der Waals surface area contributed by atoms with Crippen LogP contribution in [0.5, 0.6) is 0 Å². The molecule has 0 heterocycles. The van der Waals surface area contributed by atoms with Crippen molar-refractivity contribution in [3.8, 4) is 0 Å². The predicted molar refractivity (Wildman–Crippen MR) is 66.0 cm³/mol. The smallest absolute Gasteiger partial charge is 0.326 e. The third-order valence-corrected chi connectivity index (χ3v) is 2.57. The number of unbranched alkanes of at least 4 members (excludes halogenated alkanes) is 1. The summed E-state index contributed by atoms with van der Waals surface area (Å²) in [6.45, 7) is 3.04. The third-order valence-electron chi connectivity index (χ3n) is 2.57. The minimum atomic E-state index is -1.00. The van der Waals surface area contributed by atoms with Gasteiger partial charge in [0.25, 0.3) is 0 Å². The van der Waals surface area contributed by atoms with Crippen LogP contribution in [0.2, 0.25) is 0 Å². The van der Waals surface area contributed by atoms with Gasteiger partial charge in [0.05, 0.1) is 0 Å². The van der Waals surface area contributed by atoms with Crippen LogP contribution in [0.3, 0.4) is 0 Å². The van der Waals surface area contributed by atoms with Gasteiger partial charge in [-0.15, -0.1) is 0 Å². The molecule has 2 N–H and O–H groups in total. The molecule has 0 aromatic rings. The van der Waals surface area contributed by atoms with Crippen molar-refractivity contribution in [2.45, 2.75) is 25.8 Å². The van der Waals surface area contributed by atoms with Crippen molar-refractivity contribution >= 4 is 12.0 Å². The number of carboxylic acids is 1. The number of amides is 2. The van der Waals surface area contributed by atoms with E-state index in [2.05, 4.69) is 10.2 Å². The summed E-state index contributed by atoms with van der Waals surface area (Å²) in [5, 5.41) is 11.4. The van der Waals surface area contributed by atoms with Crippen LogP contribution in [-0.2, 0) is 4.79 Å². The molecule has 0 aliphatic rings. The lowest BCUT2D eigenvalue weighted by atomic mass is 10.3. The molecule has 0 aromatic heterocycles. The maximum atomic E-state index is 11.5. The Morgan fingerprint density at radius 1 is 1.24 bits per heavy atom. The topological polar surface area (TPSA) is 72.9 Å². The summed E-state index contributed by atoms with van der Waals surface area (Å²) in [5.74, 6) is -1.00. The monoisotopic (exact) mass is 245 g/mol. The summed E-state index contributed by atoms with van der Waals surface area (Å²) in [7, 11) is 5.48. The van der Waals surface area contributed by atoms with E-state index in [0.29, 0.717) is 6.54 Å². The fourth-order valence-electron chi connectivity index (χ4n) is 1.21. The van der Waals surface area contributed by atoms with Crippen LogP contribution in [0, 0.1) is 0 Å². The van der Waals surface area contributed by atoms with Crippen LogP contribution in [0.25, 0.3) is 0 Å². The molecule has 1 atom stereocenters. The van der Waals surface area contributed by atoms with Gasteiger partial charge in [-0.25, -0.2) is 9.59 Å². The lowest BCUT2D eigenvalue weighted by Gasteiger charge is -2.21. The number of aliphatic carboxylic acids is 1. The Hall–Kier alpha value is -1.30. The molecule has 0 aromatic carbocycles. The van der Waals surface area contributed by atoms with Crippen molar-refractivity contribution in [3.63, 3.8) is 0 Å². The van der Waals surface area contributed by atoms with Gasteiger partial charge in [-0.3, -0.25) is 0 Å². The Morgan fingerprint density at radius 3 is 2.29 bits per heavy atom. The van der Waals surface area contributed by atoms with Crippen molar-refractivity contribution in [1.82, 2.24) is 15.1 Å². The molecule has 0 aliphatic carbocycles. The van der Waals surface area contributed by atoms with E-state index in [9.17, 15) is 9.59 Å². The Balaban J connectivity index is 3.75. The molecule has 0 saturated heterocycles. The molecular formula is C11H23N3O3. The van der Waals surface area contributed by atoms with Crippen LogP contribution in [-0.4, -0.2) is 67.2 Å². The number of hydrogen-bond acceptors (Lipinski definition) is 3.